The van der Waals surface area contributed by atoms with E-state index in [-0.39, 0.29) is 0 Å². The van der Waals surface area contributed by atoms with Gasteiger partial charge in [0.2, 0.25) is 0 Å². The Hall–Kier alpha value is -1.63. The molecule has 0 radical (unpaired) electrons. The van der Waals surface area contributed by atoms with Crippen LogP contribution < -0.4 is 0 Å². The molecule has 0 spiro atoms. The molecule has 224 valence electrons. The summed E-state index contributed by atoms with van der Waals surface area (Å²) in [5.41, 5.74) is -6.82. The first kappa shape index (κ1) is 35.4. The Morgan fingerprint density at radius 2 is 0.649 bits per heavy atom. The first-order valence-electron chi connectivity index (χ1n) is 7.50. The Kier molecular flexibility index (Phi) is 8.31. The van der Waals surface area contributed by atoms with Gasteiger partial charge in [0.15, 0.2) is 0 Å². The molecule has 0 rings (SSSR count). The Labute approximate surface area is 186 Å². The Balaban J connectivity index is 6.81. The van der Waals surface area contributed by atoms with Crippen molar-refractivity contribution in [1.82, 2.24) is 0 Å². The lowest BCUT2D eigenvalue weighted by Crippen LogP contribution is -2.76. The SMILES string of the molecule is O=S(=O)(OCC(F)(F)C(F)(F)C(F)(F)C(F)(F)C(F)(F)C(F)(F)C(F)(F)C(F)(F)C(F)(F)F)C(F)(F)F. The van der Waals surface area contributed by atoms with Crippen molar-refractivity contribution in [3.63, 3.8) is 0 Å². The van der Waals surface area contributed by atoms with Gasteiger partial charge < -0.3 is 0 Å². The van der Waals surface area contributed by atoms with Gasteiger partial charge in [0.05, 0.1) is 0 Å². The highest BCUT2D eigenvalue weighted by molar-refractivity contribution is 7.87. The van der Waals surface area contributed by atoms with Crippen LogP contribution in [0.1, 0.15) is 0 Å². The summed E-state index contributed by atoms with van der Waals surface area (Å²) in [4.78, 5) is 0. The summed E-state index contributed by atoms with van der Waals surface area (Å²) >= 11 is 0. The average Bonchev–Trinajstić information content (AvgIpc) is 2.63. The van der Waals surface area contributed by atoms with Crippen LogP contribution >= 0.6 is 0 Å². The molecule has 37 heavy (non-hydrogen) atoms. The molecule has 26 heteroatoms. The van der Waals surface area contributed by atoms with Crippen molar-refractivity contribution < 1.29 is 109 Å². The molecule has 0 N–H and O–H groups in total. The van der Waals surface area contributed by atoms with Gasteiger partial charge in [-0.05, 0) is 0 Å². The first-order valence-corrected chi connectivity index (χ1v) is 8.91. The maximum atomic E-state index is 13.4. The minimum Gasteiger partial charge on any atom is -0.257 e. The van der Waals surface area contributed by atoms with E-state index < -0.39 is 75.8 Å². The minimum atomic E-state index is -9.22. The molecule has 0 amide bonds. The fraction of sp³-hybridized carbons (Fsp3) is 1.00. The molecule has 0 aromatic rings. The summed E-state index contributed by atoms with van der Waals surface area (Å²) in [7, 11) is -7.48. The topological polar surface area (TPSA) is 43.4 Å². The van der Waals surface area contributed by atoms with E-state index in [0.29, 0.717) is 0 Å². The molecule has 0 aliphatic carbocycles. The van der Waals surface area contributed by atoms with Crippen LogP contribution in [0.2, 0.25) is 0 Å². The van der Waals surface area contributed by atoms with Gasteiger partial charge in [-0.2, -0.15) is 105 Å². The first-order chi connectivity index (χ1) is 15.5. The minimum absolute atomic E-state index is 2.10. The lowest BCUT2D eigenvalue weighted by atomic mass is 9.87. The summed E-state index contributed by atoms with van der Waals surface area (Å²) < 4.78 is 305. The summed E-state index contributed by atoms with van der Waals surface area (Å²) in [5, 5.41) is 0. The van der Waals surface area contributed by atoms with Gasteiger partial charge in [-0.1, -0.05) is 0 Å². The molecule has 0 bridgehead atoms. The Morgan fingerprint density at radius 3 is 0.892 bits per heavy atom. The predicted molar refractivity (Wildman–Crippen MR) is 66.6 cm³/mol. The second kappa shape index (κ2) is 8.69. The number of hydrogen-bond acceptors (Lipinski definition) is 3. The number of halogens is 22. The van der Waals surface area contributed by atoms with E-state index in [1.807, 2.05) is 0 Å². The number of rotatable bonds is 10. The second-order valence-corrected chi connectivity index (χ2v) is 7.99. The Bertz CT molecular complexity index is 940. The van der Waals surface area contributed by atoms with Crippen LogP contribution in [0.5, 0.6) is 0 Å². The summed E-state index contributed by atoms with van der Waals surface area (Å²) in [6.45, 7) is -4.31. The largest absolute Gasteiger partial charge is 0.523 e. The molecule has 0 heterocycles. The maximum absolute atomic E-state index is 13.4. The molecule has 3 nitrogen and oxygen atoms in total. The van der Waals surface area contributed by atoms with Crippen molar-refractivity contribution in [2.24, 2.45) is 0 Å². The summed E-state index contributed by atoms with van der Waals surface area (Å²) in [6.07, 6.45) is -8.05. The highest BCUT2D eigenvalue weighted by Gasteiger charge is 2.96. The van der Waals surface area contributed by atoms with Crippen molar-refractivity contribution >= 4 is 10.1 Å². The van der Waals surface area contributed by atoms with Crippen LogP contribution in [0.15, 0.2) is 0 Å². The molecule has 0 aromatic carbocycles. The van der Waals surface area contributed by atoms with E-state index in [4.69, 9.17) is 0 Å². The smallest absolute Gasteiger partial charge is 0.257 e. The van der Waals surface area contributed by atoms with E-state index in [0.717, 1.165) is 0 Å². The van der Waals surface area contributed by atoms with Crippen molar-refractivity contribution in [3.05, 3.63) is 0 Å². The maximum Gasteiger partial charge on any atom is 0.523 e. The zero-order valence-electron chi connectivity index (χ0n) is 15.7. The summed E-state index contributed by atoms with van der Waals surface area (Å²) in [5.74, 6) is -70.0. The molecule has 0 aliphatic heterocycles. The van der Waals surface area contributed by atoms with Gasteiger partial charge in [-0.3, -0.25) is 4.18 Å². The normalized spacial score (nSPS) is 16.8. The molecule has 0 aliphatic rings. The average molecular weight is 632 g/mol. The lowest BCUT2D eigenvalue weighted by Gasteiger charge is -2.43. The lowest BCUT2D eigenvalue weighted by molar-refractivity contribution is -0.469. The van der Waals surface area contributed by atoms with Crippen LogP contribution in [-0.2, 0) is 14.3 Å². The van der Waals surface area contributed by atoms with E-state index in [9.17, 15) is 105 Å². The molecular weight excluding hydrogens is 630 g/mol. The third kappa shape index (κ3) is 4.83. The van der Waals surface area contributed by atoms with Gasteiger partial charge >= 0.3 is 69.2 Å². The molecule has 0 saturated carbocycles. The quantitative estimate of drug-likeness (QED) is 0.157. The number of alkyl halides is 22. The second-order valence-electron chi connectivity index (χ2n) is 6.39. The third-order valence-electron chi connectivity index (χ3n) is 3.86. The van der Waals surface area contributed by atoms with Crippen LogP contribution in [-0.4, -0.2) is 74.1 Å². The fourth-order valence-electron chi connectivity index (χ4n) is 1.70. The van der Waals surface area contributed by atoms with Gasteiger partial charge in [-0.15, -0.1) is 0 Å². The van der Waals surface area contributed by atoms with Gasteiger partial charge in [-0.25, -0.2) is 0 Å². The van der Waals surface area contributed by atoms with E-state index in [1.165, 1.54) is 0 Å². The van der Waals surface area contributed by atoms with Gasteiger partial charge in [0.1, 0.15) is 6.61 Å². The van der Waals surface area contributed by atoms with Crippen LogP contribution in [0.3, 0.4) is 0 Å². The van der Waals surface area contributed by atoms with Crippen LogP contribution in [0.25, 0.3) is 0 Å². The zero-order valence-corrected chi connectivity index (χ0v) is 16.5. The standard InChI is InChI=1S/C11H2F22O3S/c12-2(13,1-36-37(34,35)11(31,32)33)3(14,15)4(16,17)5(18,19)6(20,21)7(22,23)8(24,25)9(26,27)10(28,29)30/h1H2. The molecule has 0 saturated heterocycles. The molecule has 0 atom stereocenters. The van der Waals surface area contributed by atoms with E-state index in [1.54, 1.807) is 0 Å². The molecule has 0 fully saturated rings. The highest BCUT2D eigenvalue weighted by atomic mass is 32.2. The third-order valence-corrected chi connectivity index (χ3v) is 4.86. The Morgan fingerprint density at radius 1 is 0.405 bits per heavy atom. The number of hydrogen-bond donors (Lipinski definition) is 0. The summed E-state index contributed by atoms with van der Waals surface area (Å²) in [6, 6.07) is 0. The van der Waals surface area contributed by atoms with Gasteiger partial charge in [0, 0.05) is 0 Å². The van der Waals surface area contributed by atoms with Crippen molar-refractivity contribution in [2.45, 2.75) is 59.1 Å². The highest BCUT2D eigenvalue weighted by Crippen LogP contribution is 2.65. The molecular formula is C11H2F22O3S. The van der Waals surface area contributed by atoms with E-state index in [2.05, 4.69) is 4.18 Å². The predicted octanol–water partition coefficient (Wildman–Crippen LogP) is 6.50. The van der Waals surface area contributed by atoms with Crippen molar-refractivity contribution in [2.75, 3.05) is 6.61 Å². The monoisotopic (exact) mass is 632 g/mol. The molecule has 0 aromatic heterocycles. The van der Waals surface area contributed by atoms with Gasteiger partial charge in [0.25, 0.3) is 0 Å². The molecule has 0 unspecified atom stereocenters. The fourth-order valence-corrected chi connectivity index (χ4v) is 2.14. The van der Waals surface area contributed by atoms with Crippen LogP contribution in [0.4, 0.5) is 96.6 Å². The van der Waals surface area contributed by atoms with Crippen LogP contribution in [0, 0.1) is 0 Å². The van der Waals surface area contributed by atoms with E-state index >= 15 is 0 Å². The zero-order chi connectivity index (χ0) is 30.9. The van der Waals surface area contributed by atoms with Crippen molar-refractivity contribution in [1.29, 1.82) is 0 Å². The van der Waals surface area contributed by atoms with Crippen molar-refractivity contribution in [3.8, 4) is 0 Å².